The van der Waals surface area contributed by atoms with Gasteiger partial charge in [-0.25, -0.2) is 9.50 Å². The molecule has 0 spiro atoms. The number of carbonyl (C=O) groups is 2. The van der Waals surface area contributed by atoms with Crippen LogP contribution in [0.3, 0.4) is 0 Å². The summed E-state index contributed by atoms with van der Waals surface area (Å²) in [6.07, 6.45) is -3.69. The van der Waals surface area contributed by atoms with Crippen molar-refractivity contribution in [3.05, 3.63) is 29.2 Å². The summed E-state index contributed by atoms with van der Waals surface area (Å²) in [4.78, 5) is 32.2. The van der Waals surface area contributed by atoms with Crippen LogP contribution in [0.1, 0.15) is 42.8 Å². The third-order valence-corrected chi connectivity index (χ3v) is 5.73. The molecule has 2 aromatic rings. The van der Waals surface area contributed by atoms with Crippen molar-refractivity contribution in [2.45, 2.75) is 38.8 Å². The van der Waals surface area contributed by atoms with E-state index < -0.39 is 11.9 Å². The minimum Gasteiger partial charge on any atom is -0.342 e. The highest BCUT2D eigenvalue weighted by atomic mass is 19.4. The Balaban J connectivity index is 1.53. The molecule has 0 unspecified atom stereocenters. The number of hydrogen-bond acceptors (Lipinski definition) is 4. The fourth-order valence-corrected chi connectivity index (χ4v) is 4.22. The number of carbonyl (C=O) groups excluding carboxylic acids is 2. The Morgan fingerprint density at radius 3 is 2.69 bits per heavy atom. The van der Waals surface area contributed by atoms with Crippen LogP contribution in [0.25, 0.3) is 5.65 Å². The molecular weight excluding hydrogens is 387 g/mol. The topological polar surface area (TPSA) is 70.8 Å². The average molecular weight is 409 g/mol. The summed E-state index contributed by atoms with van der Waals surface area (Å²) in [5.41, 5.74) is 0.0610. The minimum atomic E-state index is -4.53. The average Bonchev–Trinajstić information content (AvgIpc) is 3.36. The number of rotatable bonds is 3. The van der Waals surface area contributed by atoms with E-state index in [0.29, 0.717) is 38.3 Å². The van der Waals surface area contributed by atoms with Crippen molar-refractivity contribution in [3.8, 4) is 0 Å². The number of halogens is 3. The van der Waals surface area contributed by atoms with Gasteiger partial charge in [-0.05, 0) is 26.3 Å². The first-order valence-corrected chi connectivity index (χ1v) is 9.68. The molecule has 0 N–H and O–H groups in total. The number of alkyl halides is 3. The number of aryl methyl sites for hydroxylation is 1. The Labute approximate surface area is 165 Å². The van der Waals surface area contributed by atoms with Gasteiger partial charge in [-0.15, -0.1) is 0 Å². The molecule has 0 bridgehead atoms. The first-order valence-electron chi connectivity index (χ1n) is 9.68. The molecule has 4 heterocycles. The first-order chi connectivity index (χ1) is 13.7. The van der Waals surface area contributed by atoms with E-state index >= 15 is 0 Å². The zero-order valence-corrected chi connectivity index (χ0v) is 16.2. The molecule has 0 saturated carbocycles. The molecule has 29 heavy (non-hydrogen) atoms. The van der Waals surface area contributed by atoms with Gasteiger partial charge in [0.15, 0.2) is 5.65 Å². The molecule has 2 fully saturated rings. The predicted octanol–water partition coefficient (Wildman–Crippen LogP) is 2.24. The van der Waals surface area contributed by atoms with Crippen LogP contribution in [0, 0.1) is 12.8 Å². The zero-order chi connectivity index (χ0) is 20.9. The van der Waals surface area contributed by atoms with E-state index in [1.54, 1.807) is 15.9 Å². The summed E-state index contributed by atoms with van der Waals surface area (Å²) in [5.74, 6) is -0.571. The summed E-state index contributed by atoms with van der Waals surface area (Å²) in [6, 6.07) is 2.55. The molecule has 2 saturated heterocycles. The lowest BCUT2D eigenvalue weighted by molar-refractivity contribution is -0.142. The Morgan fingerprint density at radius 2 is 2.03 bits per heavy atom. The predicted molar refractivity (Wildman–Crippen MR) is 97.0 cm³/mol. The molecule has 156 valence electrons. The molecule has 0 radical (unpaired) electrons. The van der Waals surface area contributed by atoms with Crippen LogP contribution >= 0.6 is 0 Å². The second kappa shape index (κ2) is 7.00. The summed E-state index contributed by atoms with van der Waals surface area (Å²) < 4.78 is 40.9. The highest BCUT2D eigenvalue weighted by Gasteiger charge is 2.39. The quantitative estimate of drug-likeness (QED) is 0.780. The van der Waals surface area contributed by atoms with Crippen molar-refractivity contribution in [3.63, 3.8) is 0 Å². The molecule has 10 heteroatoms. The third-order valence-electron chi connectivity index (χ3n) is 5.73. The van der Waals surface area contributed by atoms with E-state index in [0.717, 1.165) is 10.6 Å². The van der Waals surface area contributed by atoms with Gasteiger partial charge >= 0.3 is 6.18 Å². The third kappa shape index (κ3) is 3.56. The maximum absolute atomic E-state index is 13.3. The van der Waals surface area contributed by atoms with E-state index in [2.05, 4.69) is 10.1 Å². The summed E-state index contributed by atoms with van der Waals surface area (Å²) in [6.45, 7) is 5.31. The zero-order valence-electron chi connectivity index (χ0n) is 16.2. The van der Waals surface area contributed by atoms with E-state index in [4.69, 9.17) is 0 Å². The monoisotopic (exact) mass is 409 g/mol. The maximum atomic E-state index is 13.3. The molecular formula is C19H22F3N5O2. The fourth-order valence-electron chi connectivity index (χ4n) is 4.22. The van der Waals surface area contributed by atoms with Gasteiger partial charge in [0.1, 0.15) is 5.69 Å². The van der Waals surface area contributed by atoms with Crippen molar-refractivity contribution in [1.29, 1.82) is 0 Å². The van der Waals surface area contributed by atoms with Gasteiger partial charge < -0.3 is 9.80 Å². The highest BCUT2D eigenvalue weighted by molar-refractivity contribution is 5.89. The van der Waals surface area contributed by atoms with Gasteiger partial charge in [-0.1, -0.05) is 0 Å². The molecule has 0 aromatic carbocycles. The van der Waals surface area contributed by atoms with Crippen LogP contribution in [0.2, 0.25) is 0 Å². The molecule has 2 atom stereocenters. The Kier molecular flexibility index (Phi) is 4.74. The Hall–Kier alpha value is -2.65. The number of aromatic nitrogens is 3. The van der Waals surface area contributed by atoms with Crippen LogP contribution < -0.4 is 0 Å². The van der Waals surface area contributed by atoms with Gasteiger partial charge in [0.2, 0.25) is 11.8 Å². The van der Waals surface area contributed by atoms with Gasteiger partial charge in [0.05, 0.1) is 11.6 Å². The minimum absolute atomic E-state index is 0.0110. The van der Waals surface area contributed by atoms with Crippen molar-refractivity contribution in [1.82, 2.24) is 24.4 Å². The van der Waals surface area contributed by atoms with Gasteiger partial charge in [-0.3, -0.25) is 9.59 Å². The smallest absolute Gasteiger partial charge is 0.342 e. The molecule has 2 aliphatic heterocycles. The number of nitrogens with zero attached hydrogens (tertiary/aromatic N) is 5. The first kappa shape index (κ1) is 19.7. The number of fused-ring (bicyclic) bond motifs is 1. The molecule has 2 aliphatic rings. The second-order valence-corrected chi connectivity index (χ2v) is 7.72. The summed E-state index contributed by atoms with van der Waals surface area (Å²) >= 11 is 0. The number of amides is 2. The molecule has 4 rings (SSSR count). The van der Waals surface area contributed by atoms with Crippen LogP contribution in [-0.4, -0.2) is 62.4 Å². The van der Waals surface area contributed by atoms with Gasteiger partial charge in [0, 0.05) is 50.3 Å². The Bertz CT molecular complexity index is 971. The van der Waals surface area contributed by atoms with Crippen LogP contribution in [0.4, 0.5) is 13.2 Å². The normalized spacial score (nSPS) is 22.9. The maximum Gasteiger partial charge on any atom is 0.433 e. The van der Waals surface area contributed by atoms with Crippen molar-refractivity contribution >= 4 is 17.5 Å². The van der Waals surface area contributed by atoms with Crippen LogP contribution in [0.15, 0.2) is 12.1 Å². The highest BCUT2D eigenvalue weighted by Crippen LogP contribution is 2.33. The molecule has 0 aliphatic carbocycles. The molecule has 7 nitrogen and oxygen atoms in total. The van der Waals surface area contributed by atoms with Gasteiger partial charge in [-0.2, -0.15) is 18.3 Å². The van der Waals surface area contributed by atoms with Gasteiger partial charge in [0.25, 0.3) is 0 Å². The fraction of sp³-hybridized carbons (Fsp3) is 0.579. The molecule has 2 aromatic heterocycles. The van der Waals surface area contributed by atoms with E-state index in [1.807, 2.05) is 6.92 Å². The van der Waals surface area contributed by atoms with E-state index in [1.165, 1.54) is 6.92 Å². The standard InChI is InChI=1S/C19H22F3N5O2/c1-3-25-10-13(7-17(25)28)18(29)26-5-4-12(9-26)14-8-16-23-11(2)6-15(19(20,21)22)27(16)24-14/h6,8,12-13H,3-5,7,9-10H2,1-2H3/t12-,13+/m1/s1. The SMILES string of the molecule is CCN1C[C@@H](C(=O)N2CC[C@@H](c3cc4nc(C)cc(C(F)(F)F)n4n3)C2)CC1=O. The summed E-state index contributed by atoms with van der Waals surface area (Å²) in [7, 11) is 0. The van der Waals surface area contributed by atoms with E-state index in [9.17, 15) is 22.8 Å². The number of hydrogen-bond donors (Lipinski definition) is 0. The van der Waals surface area contributed by atoms with Crippen LogP contribution in [0.5, 0.6) is 0 Å². The van der Waals surface area contributed by atoms with Crippen molar-refractivity contribution in [2.24, 2.45) is 5.92 Å². The Morgan fingerprint density at radius 1 is 1.28 bits per heavy atom. The number of likely N-dealkylation sites (tertiary alicyclic amines) is 2. The molecule has 2 amide bonds. The largest absolute Gasteiger partial charge is 0.433 e. The van der Waals surface area contributed by atoms with Crippen molar-refractivity contribution < 1.29 is 22.8 Å². The van der Waals surface area contributed by atoms with Crippen molar-refractivity contribution in [2.75, 3.05) is 26.2 Å². The summed E-state index contributed by atoms with van der Waals surface area (Å²) in [5, 5.41) is 4.16. The van der Waals surface area contributed by atoms with Crippen LogP contribution in [-0.2, 0) is 15.8 Å². The second-order valence-electron chi connectivity index (χ2n) is 7.72. The van der Waals surface area contributed by atoms with E-state index in [-0.39, 0.29) is 41.4 Å². The lowest BCUT2D eigenvalue weighted by Gasteiger charge is -2.20. The lowest BCUT2D eigenvalue weighted by Crippen LogP contribution is -2.35. The lowest BCUT2D eigenvalue weighted by atomic mass is 10.1.